The molecule has 2 atom stereocenters. The predicted octanol–water partition coefficient (Wildman–Crippen LogP) is 1.06. The Morgan fingerprint density at radius 2 is 1.74 bits per heavy atom. The quantitative estimate of drug-likeness (QED) is 0.687. The Labute approximate surface area is 160 Å². The molecule has 0 saturated carbocycles. The predicted molar refractivity (Wildman–Crippen MR) is 102 cm³/mol. The molecule has 2 aromatic carbocycles. The van der Waals surface area contributed by atoms with Gasteiger partial charge < -0.3 is 29.0 Å². The highest BCUT2D eigenvalue weighted by molar-refractivity contribution is 5.43. The van der Waals surface area contributed by atoms with Gasteiger partial charge in [-0.25, -0.2) is 0 Å². The topological polar surface area (TPSA) is 61.6 Å². The average molecular weight is 374 g/mol. The maximum Gasteiger partial charge on any atom is 0.161 e. The Hall–Kier alpha value is -2.28. The van der Waals surface area contributed by atoms with Crippen molar-refractivity contribution in [1.82, 2.24) is 0 Å². The van der Waals surface area contributed by atoms with Gasteiger partial charge in [-0.15, -0.1) is 0 Å². The van der Waals surface area contributed by atoms with Crippen molar-refractivity contribution in [2.24, 2.45) is 0 Å². The van der Waals surface area contributed by atoms with Crippen LogP contribution in [0, 0.1) is 0 Å². The molecule has 0 amide bonds. The summed E-state index contributed by atoms with van der Waals surface area (Å²) in [6, 6.07) is 13.7. The molecule has 146 valence electrons. The van der Waals surface area contributed by atoms with E-state index in [-0.39, 0.29) is 0 Å². The number of nitrogens with one attached hydrogen (secondary N) is 1. The fourth-order valence-corrected chi connectivity index (χ4v) is 3.11. The molecule has 1 heterocycles. The first-order chi connectivity index (χ1) is 13.1. The highest BCUT2D eigenvalue weighted by atomic mass is 16.6. The number of hydrogen-bond acceptors (Lipinski definition) is 5. The van der Waals surface area contributed by atoms with E-state index in [9.17, 15) is 5.11 Å². The highest BCUT2D eigenvalue weighted by Crippen LogP contribution is 2.30. The second-order valence-electron chi connectivity index (χ2n) is 6.83. The lowest BCUT2D eigenvalue weighted by Gasteiger charge is -2.21. The molecule has 1 unspecified atom stereocenters. The van der Waals surface area contributed by atoms with Crippen molar-refractivity contribution in [3.63, 3.8) is 0 Å². The number of quaternary nitrogens is 1. The maximum atomic E-state index is 10.2. The van der Waals surface area contributed by atoms with Gasteiger partial charge in [0.05, 0.1) is 27.4 Å². The standard InChI is InChI=1S/C21H27NO5/c1-22(12-17-5-8-20-21(11-17)27-10-9-26-20)13-18(23)15-25-14-16-3-6-19(24-2)7-4-16/h3-8,11,18,23H,9-10,12-15H2,1-2H3/p+1/t18-/m0/s1. The van der Waals surface area contributed by atoms with Crippen molar-refractivity contribution >= 4 is 0 Å². The van der Waals surface area contributed by atoms with Gasteiger partial charge >= 0.3 is 0 Å². The summed E-state index contributed by atoms with van der Waals surface area (Å²) < 4.78 is 21.9. The van der Waals surface area contributed by atoms with E-state index >= 15 is 0 Å². The number of benzene rings is 2. The summed E-state index contributed by atoms with van der Waals surface area (Å²) >= 11 is 0. The summed E-state index contributed by atoms with van der Waals surface area (Å²) in [6.07, 6.45) is -0.513. The number of methoxy groups -OCH3 is 1. The number of ether oxygens (including phenoxy) is 4. The molecule has 1 aliphatic heterocycles. The fourth-order valence-electron chi connectivity index (χ4n) is 3.11. The van der Waals surface area contributed by atoms with Crippen LogP contribution in [0.1, 0.15) is 11.1 Å². The van der Waals surface area contributed by atoms with Crippen molar-refractivity contribution in [1.29, 1.82) is 0 Å². The van der Waals surface area contributed by atoms with Gasteiger partial charge in [-0.3, -0.25) is 0 Å². The van der Waals surface area contributed by atoms with Crippen LogP contribution < -0.4 is 19.1 Å². The van der Waals surface area contributed by atoms with Crippen molar-refractivity contribution in [3.05, 3.63) is 53.6 Å². The van der Waals surface area contributed by atoms with Crippen LogP contribution in [-0.4, -0.2) is 51.7 Å². The molecule has 0 radical (unpaired) electrons. The van der Waals surface area contributed by atoms with E-state index in [4.69, 9.17) is 18.9 Å². The van der Waals surface area contributed by atoms with Gasteiger partial charge in [0, 0.05) is 5.56 Å². The van der Waals surface area contributed by atoms with Crippen molar-refractivity contribution in [2.45, 2.75) is 19.3 Å². The Balaban J connectivity index is 1.40. The molecule has 0 bridgehead atoms. The van der Waals surface area contributed by atoms with Gasteiger partial charge in [0.25, 0.3) is 0 Å². The molecular formula is C21H28NO5+. The van der Waals surface area contributed by atoms with E-state index in [1.54, 1.807) is 7.11 Å². The van der Waals surface area contributed by atoms with Gasteiger partial charge in [-0.05, 0) is 35.9 Å². The molecule has 0 aliphatic carbocycles. The van der Waals surface area contributed by atoms with Gasteiger partial charge in [0.15, 0.2) is 11.5 Å². The van der Waals surface area contributed by atoms with Crippen LogP contribution in [0.2, 0.25) is 0 Å². The molecule has 2 aromatic rings. The summed E-state index contributed by atoms with van der Waals surface area (Å²) in [5, 5.41) is 10.2. The van der Waals surface area contributed by atoms with Crippen molar-refractivity contribution in [2.75, 3.05) is 40.5 Å². The highest BCUT2D eigenvalue weighted by Gasteiger charge is 2.15. The Morgan fingerprint density at radius 3 is 2.48 bits per heavy atom. The van der Waals surface area contributed by atoms with Crippen LogP contribution in [-0.2, 0) is 17.9 Å². The Kier molecular flexibility index (Phi) is 6.92. The molecule has 2 N–H and O–H groups in total. The molecule has 0 aromatic heterocycles. The first-order valence-corrected chi connectivity index (χ1v) is 9.22. The lowest BCUT2D eigenvalue weighted by molar-refractivity contribution is -0.897. The zero-order valence-corrected chi connectivity index (χ0v) is 15.9. The zero-order chi connectivity index (χ0) is 19.1. The smallest absolute Gasteiger partial charge is 0.161 e. The molecule has 0 spiro atoms. The van der Waals surface area contributed by atoms with Crippen LogP contribution in [0.3, 0.4) is 0 Å². The summed E-state index contributed by atoms with van der Waals surface area (Å²) in [5.74, 6) is 2.42. The zero-order valence-electron chi connectivity index (χ0n) is 15.9. The second-order valence-corrected chi connectivity index (χ2v) is 6.83. The second kappa shape index (κ2) is 9.60. The molecule has 3 rings (SSSR count). The summed E-state index contributed by atoms with van der Waals surface area (Å²) in [4.78, 5) is 1.20. The molecule has 0 fully saturated rings. The largest absolute Gasteiger partial charge is 0.497 e. The number of fused-ring (bicyclic) bond motifs is 1. The molecular weight excluding hydrogens is 346 g/mol. The lowest BCUT2D eigenvalue weighted by atomic mass is 10.1. The third-order valence-electron chi connectivity index (χ3n) is 4.43. The van der Waals surface area contributed by atoms with E-state index in [1.807, 2.05) is 42.5 Å². The molecule has 6 heteroatoms. The average Bonchev–Trinajstić information content (AvgIpc) is 2.68. The number of aliphatic hydroxyl groups excluding tert-OH is 1. The van der Waals surface area contributed by atoms with Gasteiger partial charge in [-0.1, -0.05) is 12.1 Å². The third kappa shape index (κ3) is 5.85. The summed E-state index contributed by atoms with van der Waals surface area (Å²) in [5.41, 5.74) is 2.21. The van der Waals surface area contributed by atoms with Crippen LogP contribution in [0.15, 0.2) is 42.5 Å². The minimum Gasteiger partial charge on any atom is -0.497 e. The molecule has 1 aliphatic rings. The third-order valence-corrected chi connectivity index (χ3v) is 4.43. The number of hydrogen-bond donors (Lipinski definition) is 2. The van der Waals surface area contributed by atoms with E-state index in [2.05, 4.69) is 7.05 Å². The van der Waals surface area contributed by atoms with Gasteiger partial charge in [-0.2, -0.15) is 0 Å². The fraction of sp³-hybridized carbons (Fsp3) is 0.429. The first-order valence-electron chi connectivity index (χ1n) is 9.22. The Bertz CT molecular complexity index is 719. The van der Waals surface area contributed by atoms with Gasteiger partial charge in [0.2, 0.25) is 0 Å². The number of likely N-dealkylation sites (N-methyl/N-ethyl adjacent to an activating group) is 1. The maximum absolute atomic E-state index is 10.2. The lowest BCUT2D eigenvalue weighted by Crippen LogP contribution is -3.08. The normalized spacial score (nSPS) is 15.2. The van der Waals surface area contributed by atoms with Crippen LogP contribution >= 0.6 is 0 Å². The molecule has 27 heavy (non-hydrogen) atoms. The van der Waals surface area contributed by atoms with Crippen LogP contribution in [0.4, 0.5) is 0 Å². The van der Waals surface area contributed by atoms with Crippen molar-refractivity contribution in [3.8, 4) is 17.2 Å². The Morgan fingerprint density at radius 1 is 1.04 bits per heavy atom. The van der Waals surface area contributed by atoms with E-state index in [1.165, 1.54) is 4.90 Å². The minimum absolute atomic E-state index is 0.310. The SMILES string of the molecule is COc1ccc(COC[C@@H](O)C[NH+](C)Cc2ccc3c(c2)OCCO3)cc1. The van der Waals surface area contributed by atoms with E-state index < -0.39 is 6.10 Å². The summed E-state index contributed by atoms with van der Waals surface area (Å²) in [7, 11) is 3.70. The number of rotatable bonds is 9. The van der Waals surface area contributed by atoms with E-state index in [0.717, 1.165) is 34.9 Å². The molecule has 0 saturated heterocycles. The minimum atomic E-state index is -0.513. The summed E-state index contributed by atoms with van der Waals surface area (Å²) in [6.45, 7) is 3.37. The van der Waals surface area contributed by atoms with Crippen molar-refractivity contribution < 1.29 is 29.0 Å². The van der Waals surface area contributed by atoms with E-state index in [0.29, 0.717) is 33.0 Å². The first kappa shape index (κ1) is 19.5. The van der Waals surface area contributed by atoms with Gasteiger partial charge in [0.1, 0.15) is 38.2 Å². The molecule has 6 nitrogen and oxygen atoms in total. The number of aliphatic hydroxyl groups is 1. The monoisotopic (exact) mass is 374 g/mol. The van der Waals surface area contributed by atoms with Crippen LogP contribution in [0.5, 0.6) is 17.2 Å². The van der Waals surface area contributed by atoms with Crippen LogP contribution in [0.25, 0.3) is 0 Å².